The van der Waals surface area contributed by atoms with E-state index in [2.05, 4.69) is 234 Å². The van der Waals surface area contributed by atoms with Gasteiger partial charge < -0.3 is 13.7 Å². The Labute approximate surface area is 407 Å². The number of furan rings is 2. The molecule has 3 nitrogen and oxygen atoms in total. The van der Waals surface area contributed by atoms with E-state index in [-0.39, 0.29) is 16.2 Å². The van der Waals surface area contributed by atoms with Crippen LogP contribution in [0.3, 0.4) is 0 Å². The van der Waals surface area contributed by atoms with Crippen LogP contribution in [-0.2, 0) is 16.2 Å². The van der Waals surface area contributed by atoms with E-state index in [0.29, 0.717) is 0 Å². The maximum atomic E-state index is 6.98. The first kappa shape index (κ1) is 39.8. The van der Waals surface area contributed by atoms with Gasteiger partial charge in [0, 0.05) is 66.0 Å². The summed E-state index contributed by atoms with van der Waals surface area (Å²) in [6.45, 7) is 14.5. The zero-order valence-electron chi connectivity index (χ0n) is 40.2. The number of para-hydroxylation sites is 3. The number of rotatable bonds is 4. The number of hydrogen-bond donors (Lipinski definition) is 0. The second-order valence-electron chi connectivity index (χ2n) is 21.6. The topological polar surface area (TPSA) is 29.5 Å². The first-order chi connectivity index (χ1) is 34.0. The van der Waals surface area contributed by atoms with Crippen LogP contribution in [0.1, 0.15) is 74.9 Å². The van der Waals surface area contributed by atoms with Crippen molar-refractivity contribution in [3.8, 4) is 44.5 Å². The van der Waals surface area contributed by atoms with Crippen LogP contribution >= 0.6 is 0 Å². The minimum Gasteiger partial charge on any atom is -0.455 e. The summed E-state index contributed by atoms with van der Waals surface area (Å²) >= 11 is 0. The van der Waals surface area contributed by atoms with E-state index in [1.165, 1.54) is 93.7 Å². The maximum absolute atomic E-state index is 6.98. The fraction of sp³-hybridized carbons (Fsp3) is 0.134. The molecule has 12 aromatic rings. The van der Waals surface area contributed by atoms with Crippen LogP contribution in [-0.4, -0.2) is 0 Å². The number of nitrogens with zero attached hydrogens (tertiary/aromatic N) is 1. The van der Waals surface area contributed by atoms with E-state index in [4.69, 9.17) is 8.83 Å². The molecular formula is C67H49NO2. The zero-order chi connectivity index (χ0) is 47.0. The third-order valence-electron chi connectivity index (χ3n) is 16.7. The largest absolute Gasteiger partial charge is 0.455 e. The lowest BCUT2D eigenvalue weighted by Gasteiger charge is -2.32. The molecule has 0 fully saturated rings. The highest BCUT2D eigenvalue weighted by molar-refractivity contribution is 6.21. The monoisotopic (exact) mass is 899 g/mol. The second-order valence-corrected chi connectivity index (χ2v) is 21.6. The summed E-state index contributed by atoms with van der Waals surface area (Å²) in [4.78, 5) is 2.47. The van der Waals surface area contributed by atoms with Crippen LogP contribution in [0.2, 0.25) is 0 Å². The predicted molar refractivity (Wildman–Crippen MR) is 291 cm³/mol. The van der Waals surface area contributed by atoms with Gasteiger partial charge in [-0.2, -0.15) is 0 Å². The number of anilines is 3. The fourth-order valence-electron chi connectivity index (χ4n) is 13.5. The molecule has 3 aliphatic rings. The quantitative estimate of drug-likeness (QED) is 0.176. The molecule has 10 aromatic carbocycles. The summed E-state index contributed by atoms with van der Waals surface area (Å²) in [7, 11) is 0. The van der Waals surface area contributed by atoms with Crippen molar-refractivity contribution in [1.29, 1.82) is 0 Å². The van der Waals surface area contributed by atoms with Crippen molar-refractivity contribution in [2.45, 2.75) is 57.8 Å². The van der Waals surface area contributed by atoms with Gasteiger partial charge >= 0.3 is 0 Å². The van der Waals surface area contributed by atoms with Crippen LogP contribution in [0.5, 0.6) is 0 Å². The first-order valence-corrected chi connectivity index (χ1v) is 24.7. The molecule has 0 radical (unpaired) electrons. The lowest BCUT2D eigenvalue weighted by molar-refractivity contribution is 0.600. The Bertz CT molecular complexity index is 4270. The van der Waals surface area contributed by atoms with E-state index in [0.717, 1.165) is 55.9 Å². The Balaban J connectivity index is 0.933. The molecule has 0 saturated carbocycles. The van der Waals surface area contributed by atoms with Crippen LogP contribution in [0.4, 0.5) is 17.1 Å². The molecule has 15 rings (SSSR count). The fourth-order valence-corrected chi connectivity index (χ4v) is 13.5. The molecule has 3 heteroatoms. The summed E-state index contributed by atoms with van der Waals surface area (Å²) in [6, 6.07) is 69.3. The van der Waals surface area contributed by atoms with Crippen molar-refractivity contribution in [1.82, 2.24) is 0 Å². The number of fused-ring (bicyclic) bond motifs is 20. The van der Waals surface area contributed by atoms with Crippen molar-refractivity contribution < 1.29 is 8.83 Å². The third-order valence-corrected chi connectivity index (χ3v) is 16.7. The first-order valence-electron chi connectivity index (χ1n) is 24.7. The van der Waals surface area contributed by atoms with Crippen LogP contribution in [0.25, 0.3) is 99.2 Å². The molecule has 0 unspecified atom stereocenters. The Morgan fingerprint density at radius 1 is 0.343 bits per heavy atom. The molecule has 70 heavy (non-hydrogen) atoms. The van der Waals surface area contributed by atoms with Gasteiger partial charge in [-0.1, -0.05) is 169 Å². The Hall–Kier alpha value is -8.14. The van der Waals surface area contributed by atoms with Gasteiger partial charge in [0.15, 0.2) is 0 Å². The molecule has 0 N–H and O–H groups in total. The van der Waals surface area contributed by atoms with E-state index in [9.17, 15) is 0 Å². The normalized spacial score (nSPS) is 15.3. The van der Waals surface area contributed by atoms with E-state index in [1.807, 2.05) is 0 Å². The minimum absolute atomic E-state index is 0.221. The van der Waals surface area contributed by atoms with Gasteiger partial charge in [0.05, 0.1) is 0 Å². The van der Waals surface area contributed by atoms with Gasteiger partial charge in [0.25, 0.3) is 0 Å². The molecule has 0 atom stereocenters. The average Bonchev–Trinajstić information content (AvgIpc) is 4.13. The second kappa shape index (κ2) is 13.6. The molecule has 3 aliphatic carbocycles. The molecule has 2 aromatic heterocycles. The zero-order valence-corrected chi connectivity index (χ0v) is 40.2. The smallest absolute Gasteiger partial charge is 0.144 e. The molecule has 0 bridgehead atoms. The predicted octanol–water partition coefficient (Wildman–Crippen LogP) is 18.7. The summed E-state index contributed by atoms with van der Waals surface area (Å²) in [5, 5.41) is 7.18. The standard InChI is InChI=1S/C67H49NO2/c1-65(2)51-35-42(30-32-45(51)56-53(65)37-49(40-29-28-38-18-10-11-19-39(38)34-40)63-58(56)47-23-13-16-26-54(47)69-63)68(41-20-8-7-9-21-41)43-31-33-46-52(36-43)67(5,6)61-57(46)59-48-24-14-17-27-55(48)70-64(59)60-44-22-12-15-25-50(44)66(3,4)62(60)61/h7-37H,1-6H3. The summed E-state index contributed by atoms with van der Waals surface area (Å²) in [5.74, 6) is 0. The lowest BCUT2D eigenvalue weighted by atomic mass is 9.72. The third kappa shape index (κ3) is 5.04. The van der Waals surface area contributed by atoms with Gasteiger partial charge in [0.2, 0.25) is 0 Å². The van der Waals surface area contributed by atoms with Gasteiger partial charge in [-0.3, -0.25) is 0 Å². The molecule has 0 amide bonds. The molecule has 0 spiro atoms. The Kier molecular flexibility index (Phi) is 7.71. The molecular weight excluding hydrogens is 851 g/mol. The van der Waals surface area contributed by atoms with Crippen LogP contribution in [0, 0.1) is 0 Å². The van der Waals surface area contributed by atoms with Gasteiger partial charge in [-0.05, 0) is 138 Å². The van der Waals surface area contributed by atoms with E-state index < -0.39 is 0 Å². The Morgan fingerprint density at radius 2 is 0.886 bits per heavy atom. The van der Waals surface area contributed by atoms with E-state index >= 15 is 0 Å². The molecule has 334 valence electrons. The molecule has 0 aliphatic heterocycles. The van der Waals surface area contributed by atoms with E-state index in [1.54, 1.807) is 0 Å². The summed E-state index contributed by atoms with van der Waals surface area (Å²) < 4.78 is 13.9. The molecule has 0 saturated heterocycles. The van der Waals surface area contributed by atoms with Crippen molar-refractivity contribution >= 4 is 71.7 Å². The summed E-state index contributed by atoms with van der Waals surface area (Å²) in [6.07, 6.45) is 0. The van der Waals surface area contributed by atoms with Gasteiger partial charge in [0.1, 0.15) is 22.3 Å². The van der Waals surface area contributed by atoms with Crippen molar-refractivity contribution in [3.63, 3.8) is 0 Å². The van der Waals surface area contributed by atoms with Crippen molar-refractivity contribution in [3.05, 3.63) is 221 Å². The Morgan fingerprint density at radius 3 is 1.61 bits per heavy atom. The molecule has 2 heterocycles. The average molecular weight is 900 g/mol. The highest BCUT2D eigenvalue weighted by Gasteiger charge is 2.49. The SMILES string of the molecule is CC1(C)c2cc(N(c3ccccc3)c3ccc4c(c3)C(C)(C)c3c5c(c6oc7ccccc7c6c3-4)-c3ccccc3C5(C)C)ccc2-c2c1cc(-c1ccc3ccccc3c1)c1oc3ccccc3c21. The summed E-state index contributed by atoms with van der Waals surface area (Å²) in [5.41, 5.74) is 24.4. The maximum Gasteiger partial charge on any atom is 0.144 e. The van der Waals surface area contributed by atoms with Gasteiger partial charge in [-0.25, -0.2) is 0 Å². The highest BCUT2D eigenvalue weighted by atomic mass is 16.3. The van der Waals surface area contributed by atoms with Gasteiger partial charge in [-0.15, -0.1) is 0 Å². The van der Waals surface area contributed by atoms with Crippen molar-refractivity contribution in [2.24, 2.45) is 0 Å². The van der Waals surface area contributed by atoms with Crippen molar-refractivity contribution in [2.75, 3.05) is 4.90 Å². The minimum atomic E-state index is -0.317. The lowest BCUT2D eigenvalue weighted by Crippen LogP contribution is -2.24. The number of hydrogen-bond acceptors (Lipinski definition) is 3. The number of benzene rings is 10. The highest BCUT2D eigenvalue weighted by Crippen LogP contribution is 2.64. The van der Waals surface area contributed by atoms with Crippen LogP contribution < -0.4 is 4.90 Å². The van der Waals surface area contributed by atoms with Crippen LogP contribution in [0.15, 0.2) is 197 Å².